The van der Waals surface area contributed by atoms with Crippen molar-refractivity contribution in [3.05, 3.63) is 71.5 Å². The number of halogens is 2. The van der Waals surface area contributed by atoms with Crippen molar-refractivity contribution in [3.8, 4) is 0 Å². The summed E-state index contributed by atoms with van der Waals surface area (Å²) in [7, 11) is 0. The van der Waals surface area contributed by atoms with Gasteiger partial charge in [-0.05, 0) is 42.6 Å². The van der Waals surface area contributed by atoms with Crippen LogP contribution in [0.3, 0.4) is 0 Å². The number of β-amino-alcohol motifs (C(OH)–C–C–N with tert-alkyl or cyclic N) is 1. The summed E-state index contributed by atoms with van der Waals surface area (Å²) in [6.07, 6.45) is 1.60. The first-order valence-electron chi connectivity index (χ1n) is 7.40. The lowest BCUT2D eigenvalue weighted by molar-refractivity contribution is -0.0383. The SMILES string of the molecule is Cl.OC1(c2cccc(F)c2)CCCN(Cc2ccccc2)C1. The predicted molar refractivity (Wildman–Crippen MR) is 88.5 cm³/mol. The Balaban J connectivity index is 0.00000176. The lowest BCUT2D eigenvalue weighted by Crippen LogP contribution is -2.45. The maximum atomic E-state index is 13.4. The molecule has 1 saturated heterocycles. The number of hydrogen-bond donors (Lipinski definition) is 1. The maximum Gasteiger partial charge on any atom is 0.123 e. The number of nitrogens with zero attached hydrogens (tertiary/aromatic N) is 1. The number of hydrogen-bond acceptors (Lipinski definition) is 2. The second kappa shape index (κ2) is 7.23. The van der Waals surface area contributed by atoms with Gasteiger partial charge in [-0.2, -0.15) is 0 Å². The van der Waals surface area contributed by atoms with Crippen LogP contribution in [0, 0.1) is 5.82 Å². The predicted octanol–water partition coefficient (Wildman–Crippen LogP) is 3.73. The minimum Gasteiger partial charge on any atom is -0.384 e. The summed E-state index contributed by atoms with van der Waals surface area (Å²) < 4.78 is 13.4. The van der Waals surface area contributed by atoms with Crippen molar-refractivity contribution in [2.24, 2.45) is 0 Å². The Morgan fingerprint density at radius 2 is 1.86 bits per heavy atom. The molecule has 2 aromatic rings. The van der Waals surface area contributed by atoms with E-state index in [1.165, 1.54) is 17.7 Å². The van der Waals surface area contributed by atoms with Crippen molar-refractivity contribution in [1.82, 2.24) is 4.90 Å². The van der Waals surface area contributed by atoms with Crippen LogP contribution in [0.4, 0.5) is 4.39 Å². The monoisotopic (exact) mass is 321 g/mol. The summed E-state index contributed by atoms with van der Waals surface area (Å²) >= 11 is 0. The highest BCUT2D eigenvalue weighted by atomic mass is 35.5. The third-order valence-corrected chi connectivity index (χ3v) is 4.16. The van der Waals surface area contributed by atoms with Gasteiger partial charge in [-0.15, -0.1) is 12.4 Å². The summed E-state index contributed by atoms with van der Waals surface area (Å²) in [5.41, 5.74) is 0.969. The van der Waals surface area contributed by atoms with Gasteiger partial charge in [0.25, 0.3) is 0 Å². The van der Waals surface area contributed by atoms with Gasteiger partial charge in [-0.3, -0.25) is 4.90 Å². The standard InChI is InChI=1S/C18H20FNO.ClH/c19-17-9-4-8-16(12-17)18(21)10-5-11-20(14-18)13-15-6-2-1-3-7-15;/h1-4,6-9,12,21H,5,10-11,13-14H2;1H. The molecule has 1 heterocycles. The van der Waals surface area contributed by atoms with E-state index in [0.717, 1.165) is 19.5 Å². The van der Waals surface area contributed by atoms with Gasteiger partial charge in [0, 0.05) is 13.1 Å². The molecule has 0 aliphatic carbocycles. The number of piperidine rings is 1. The molecule has 1 aliphatic heterocycles. The summed E-state index contributed by atoms with van der Waals surface area (Å²) in [5.74, 6) is -0.291. The highest BCUT2D eigenvalue weighted by molar-refractivity contribution is 5.85. The van der Waals surface area contributed by atoms with Crippen LogP contribution >= 0.6 is 12.4 Å². The molecule has 0 amide bonds. The molecule has 1 fully saturated rings. The van der Waals surface area contributed by atoms with Gasteiger partial charge < -0.3 is 5.11 Å². The van der Waals surface area contributed by atoms with E-state index in [-0.39, 0.29) is 18.2 Å². The van der Waals surface area contributed by atoms with E-state index in [0.29, 0.717) is 18.5 Å². The zero-order chi connectivity index (χ0) is 14.7. The Morgan fingerprint density at radius 1 is 1.09 bits per heavy atom. The van der Waals surface area contributed by atoms with E-state index in [1.54, 1.807) is 6.07 Å². The summed E-state index contributed by atoms with van der Waals surface area (Å²) in [6, 6.07) is 16.6. The van der Waals surface area contributed by atoms with Crippen molar-refractivity contribution in [1.29, 1.82) is 0 Å². The Hall–Kier alpha value is -1.42. The molecule has 22 heavy (non-hydrogen) atoms. The van der Waals surface area contributed by atoms with Crippen molar-refractivity contribution < 1.29 is 9.50 Å². The van der Waals surface area contributed by atoms with Crippen molar-refractivity contribution in [3.63, 3.8) is 0 Å². The molecule has 3 rings (SSSR count). The van der Waals surface area contributed by atoms with Gasteiger partial charge in [0.1, 0.15) is 11.4 Å². The Bertz CT molecular complexity index is 607. The van der Waals surface area contributed by atoms with E-state index < -0.39 is 5.60 Å². The highest BCUT2D eigenvalue weighted by Crippen LogP contribution is 2.32. The molecule has 1 N–H and O–H groups in total. The third kappa shape index (κ3) is 3.86. The molecular weight excluding hydrogens is 301 g/mol. The minimum atomic E-state index is -0.949. The van der Waals surface area contributed by atoms with Gasteiger partial charge in [-0.25, -0.2) is 4.39 Å². The van der Waals surface area contributed by atoms with E-state index in [1.807, 2.05) is 24.3 Å². The van der Waals surface area contributed by atoms with Gasteiger partial charge in [0.05, 0.1) is 0 Å². The quantitative estimate of drug-likeness (QED) is 0.931. The van der Waals surface area contributed by atoms with Crippen LogP contribution in [0.2, 0.25) is 0 Å². The lowest BCUT2D eigenvalue weighted by Gasteiger charge is -2.39. The fraction of sp³-hybridized carbons (Fsp3) is 0.333. The van der Waals surface area contributed by atoms with Crippen LogP contribution in [0.15, 0.2) is 54.6 Å². The molecule has 1 aliphatic rings. The highest BCUT2D eigenvalue weighted by Gasteiger charge is 2.35. The average Bonchev–Trinajstić information content (AvgIpc) is 2.48. The van der Waals surface area contributed by atoms with E-state index >= 15 is 0 Å². The zero-order valence-corrected chi connectivity index (χ0v) is 13.2. The van der Waals surface area contributed by atoms with E-state index in [9.17, 15) is 9.50 Å². The van der Waals surface area contributed by atoms with Crippen molar-refractivity contribution >= 4 is 12.4 Å². The van der Waals surface area contributed by atoms with Crippen molar-refractivity contribution in [2.75, 3.05) is 13.1 Å². The van der Waals surface area contributed by atoms with Gasteiger partial charge in [0.15, 0.2) is 0 Å². The fourth-order valence-corrected chi connectivity index (χ4v) is 3.11. The Kier molecular flexibility index (Phi) is 5.57. The fourth-order valence-electron chi connectivity index (χ4n) is 3.11. The van der Waals surface area contributed by atoms with Crippen LogP contribution in [0.5, 0.6) is 0 Å². The largest absolute Gasteiger partial charge is 0.384 e. The summed E-state index contributed by atoms with van der Waals surface area (Å²) in [4.78, 5) is 2.24. The molecule has 1 unspecified atom stereocenters. The number of rotatable bonds is 3. The molecule has 4 heteroatoms. The molecule has 0 spiro atoms. The molecule has 0 saturated carbocycles. The van der Waals surface area contributed by atoms with Gasteiger partial charge in [-0.1, -0.05) is 42.5 Å². The zero-order valence-electron chi connectivity index (χ0n) is 12.4. The molecule has 2 aromatic carbocycles. The molecule has 0 aromatic heterocycles. The number of aliphatic hydroxyl groups is 1. The lowest BCUT2D eigenvalue weighted by atomic mass is 9.85. The Labute approximate surface area is 137 Å². The maximum absolute atomic E-state index is 13.4. The van der Waals surface area contributed by atoms with Crippen LogP contribution in [0.1, 0.15) is 24.0 Å². The summed E-state index contributed by atoms with van der Waals surface area (Å²) in [6.45, 7) is 2.33. The molecular formula is C18H21ClFNO. The van der Waals surface area contributed by atoms with Crippen LogP contribution in [-0.2, 0) is 12.1 Å². The first-order valence-corrected chi connectivity index (χ1v) is 7.40. The van der Waals surface area contributed by atoms with Gasteiger partial charge >= 0.3 is 0 Å². The third-order valence-electron chi connectivity index (χ3n) is 4.16. The normalized spacial score (nSPS) is 22.1. The van der Waals surface area contributed by atoms with Crippen LogP contribution in [0.25, 0.3) is 0 Å². The Morgan fingerprint density at radius 3 is 2.59 bits per heavy atom. The molecule has 1 atom stereocenters. The first kappa shape index (κ1) is 16.9. The molecule has 2 nitrogen and oxygen atoms in total. The van der Waals surface area contributed by atoms with Crippen LogP contribution < -0.4 is 0 Å². The average molecular weight is 322 g/mol. The van der Waals surface area contributed by atoms with Crippen LogP contribution in [-0.4, -0.2) is 23.1 Å². The minimum absolute atomic E-state index is 0. The first-order chi connectivity index (χ1) is 10.2. The smallest absolute Gasteiger partial charge is 0.123 e. The second-order valence-corrected chi connectivity index (χ2v) is 5.84. The second-order valence-electron chi connectivity index (χ2n) is 5.84. The van der Waals surface area contributed by atoms with Gasteiger partial charge in [0.2, 0.25) is 0 Å². The van der Waals surface area contributed by atoms with E-state index in [2.05, 4.69) is 17.0 Å². The number of benzene rings is 2. The number of likely N-dealkylation sites (tertiary alicyclic amines) is 1. The van der Waals surface area contributed by atoms with Crippen molar-refractivity contribution in [2.45, 2.75) is 25.0 Å². The topological polar surface area (TPSA) is 23.5 Å². The molecule has 0 bridgehead atoms. The molecule has 0 radical (unpaired) electrons. The molecule has 118 valence electrons. The summed E-state index contributed by atoms with van der Waals surface area (Å²) in [5, 5.41) is 10.9. The van der Waals surface area contributed by atoms with E-state index in [4.69, 9.17) is 0 Å².